The molecule has 0 saturated carbocycles. The van der Waals surface area contributed by atoms with Gasteiger partial charge in [0.05, 0.1) is 5.69 Å². The van der Waals surface area contributed by atoms with E-state index in [2.05, 4.69) is 65.8 Å². The van der Waals surface area contributed by atoms with Gasteiger partial charge in [-0.05, 0) is 72.5 Å². The van der Waals surface area contributed by atoms with Crippen LogP contribution in [0, 0.1) is 17.4 Å². The molecule has 0 aliphatic rings. The third-order valence-electron chi connectivity index (χ3n) is 3.54. The first kappa shape index (κ1) is 14.5. The number of hydrogen-bond donors (Lipinski definition) is 1. The highest BCUT2D eigenvalue weighted by atomic mass is 127. The van der Waals surface area contributed by atoms with Gasteiger partial charge in [0, 0.05) is 22.4 Å². The van der Waals surface area contributed by atoms with Crippen molar-refractivity contribution in [1.29, 1.82) is 0 Å². The molecule has 1 aromatic carbocycles. The second kappa shape index (κ2) is 6.05. The highest BCUT2D eigenvalue weighted by Crippen LogP contribution is 2.16. The summed E-state index contributed by atoms with van der Waals surface area (Å²) >= 11 is 2.32. The number of hydrogen-bond acceptors (Lipinski definition) is 2. The van der Waals surface area contributed by atoms with Crippen LogP contribution in [0.2, 0.25) is 0 Å². The topological polar surface area (TPSA) is 43.8 Å². The molecule has 0 saturated heterocycles. The van der Waals surface area contributed by atoms with Crippen LogP contribution in [0.1, 0.15) is 22.5 Å². The summed E-state index contributed by atoms with van der Waals surface area (Å²) in [7, 11) is 1.98. The van der Waals surface area contributed by atoms with Crippen LogP contribution in [0.25, 0.3) is 0 Å². The van der Waals surface area contributed by atoms with Gasteiger partial charge in [-0.25, -0.2) is 0 Å². The molecule has 2 N–H and O–H groups in total. The summed E-state index contributed by atoms with van der Waals surface area (Å²) < 4.78 is 3.19. The van der Waals surface area contributed by atoms with Crippen molar-refractivity contribution < 1.29 is 0 Å². The van der Waals surface area contributed by atoms with E-state index in [0.717, 1.165) is 18.5 Å². The van der Waals surface area contributed by atoms with Crippen LogP contribution >= 0.6 is 22.6 Å². The maximum Gasteiger partial charge on any atom is 0.0628 e. The van der Waals surface area contributed by atoms with Crippen LogP contribution in [0.3, 0.4) is 0 Å². The predicted molar refractivity (Wildman–Crippen MR) is 87.2 cm³/mol. The summed E-state index contributed by atoms with van der Waals surface area (Å²) in [6.45, 7) is 4.16. The molecule has 0 aliphatic heterocycles. The zero-order valence-electron chi connectivity index (χ0n) is 11.7. The van der Waals surface area contributed by atoms with E-state index < -0.39 is 0 Å². The molecule has 0 aliphatic carbocycles. The standard InChI is InChI=1S/C15H20IN3/c1-10-15(11(2)19(3)18-10)9-14(17)8-12-4-6-13(16)7-5-12/h4-7,14H,8-9,17H2,1-3H3. The van der Waals surface area contributed by atoms with Crippen molar-refractivity contribution >= 4 is 22.6 Å². The molecule has 0 spiro atoms. The SMILES string of the molecule is Cc1nn(C)c(C)c1CC(N)Cc1ccc(I)cc1. The van der Waals surface area contributed by atoms with Gasteiger partial charge in [-0.1, -0.05) is 12.1 Å². The van der Waals surface area contributed by atoms with E-state index in [1.165, 1.54) is 20.4 Å². The summed E-state index contributed by atoms with van der Waals surface area (Å²) in [6.07, 6.45) is 1.79. The Morgan fingerprint density at radius 1 is 1.21 bits per heavy atom. The monoisotopic (exact) mass is 369 g/mol. The first-order valence-corrected chi connectivity index (χ1v) is 7.54. The molecule has 102 valence electrons. The molecule has 1 aromatic heterocycles. The minimum atomic E-state index is 0.140. The van der Waals surface area contributed by atoms with E-state index in [0.29, 0.717) is 0 Å². The molecule has 2 aromatic rings. The third-order valence-corrected chi connectivity index (χ3v) is 4.26. The van der Waals surface area contributed by atoms with Gasteiger partial charge in [-0.15, -0.1) is 0 Å². The molecule has 1 heterocycles. The lowest BCUT2D eigenvalue weighted by molar-refractivity contribution is 0.658. The molecular weight excluding hydrogens is 349 g/mol. The maximum absolute atomic E-state index is 6.28. The summed E-state index contributed by atoms with van der Waals surface area (Å²) in [5, 5.41) is 4.44. The van der Waals surface area contributed by atoms with Crippen LogP contribution in [-0.4, -0.2) is 15.8 Å². The Hall–Kier alpha value is -0.880. The van der Waals surface area contributed by atoms with Crippen LogP contribution in [0.15, 0.2) is 24.3 Å². The van der Waals surface area contributed by atoms with Crippen molar-refractivity contribution in [2.45, 2.75) is 32.7 Å². The Labute approximate surface area is 128 Å². The number of nitrogens with two attached hydrogens (primary N) is 1. The lowest BCUT2D eigenvalue weighted by atomic mass is 9.99. The Morgan fingerprint density at radius 3 is 2.37 bits per heavy atom. The molecule has 2 rings (SSSR count). The van der Waals surface area contributed by atoms with E-state index in [9.17, 15) is 0 Å². The van der Waals surface area contributed by atoms with Crippen molar-refractivity contribution in [2.24, 2.45) is 12.8 Å². The second-order valence-corrected chi connectivity index (χ2v) is 6.31. The Kier molecular flexibility index (Phi) is 4.62. The lowest BCUT2D eigenvalue weighted by Crippen LogP contribution is -2.26. The van der Waals surface area contributed by atoms with Crippen LogP contribution < -0.4 is 5.73 Å². The molecule has 1 unspecified atom stereocenters. The number of rotatable bonds is 4. The molecule has 0 fully saturated rings. The summed E-state index contributed by atoms with van der Waals surface area (Å²) in [4.78, 5) is 0. The van der Waals surface area contributed by atoms with E-state index >= 15 is 0 Å². The van der Waals surface area contributed by atoms with Crippen LogP contribution in [0.4, 0.5) is 0 Å². The van der Waals surface area contributed by atoms with Gasteiger partial charge in [0.15, 0.2) is 0 Å². The molecular formula is C15H20IN3. The zero-order valence-corrected chi connectivity index (χ0v) is 13.8. The van der Waals surface area contributed by atoms with Crippen LogP contribution in [-0.2, 0) is 19.9 Å². The molecule has 0 amide bonds. The first-order chi connectivity index (χ1) is 8.97. The second-order valence-electron chi connectivity index (χ2n) is 5.07. The van der Waals surface area contributed by atoms with Crippen molar-refractivity contribution in [3.63, 3.8) is 0 Å². The van der Waals surface area contributed by atoms with Gasteiger partial charge >= 0.3 is 0 Å². The fourth-order valence-corrected chi connectivity index (χ4v) is 2.73. The van der Waals surface area contributed by atoms with Gasteiger partial charge in [0.1, 0.15) is 0 Å². The lowest BCUT2D eigenvalue weighted by Gasteiger charge is -2.12. The minimum absolute atomic E-state index is 0.140. The van der Waals surface area contributed by atoms with Gasteiger partial charge in [-0.3, -0.25) is 4.68 Å². The molecule has 0 bridgehead atoms. The van der Waals surface area contributed by atoms with E-state index in [1.807, 2.05) is 11.7 Å². The first-order valence-electron chi connectivity index (χ1n) is 6.46. The van der Waals surface area contributed by atoms with Crippen LogP contribution in [0.5, 0.6) is 0 Å². The number of aromatic nitrogens is 2. The Bertz CT molecular complexity index is 558. The Morgan fingerprint density at radius 2 is 1.84 bits per heavy atom. The number of halogens is 1. The van der Waals surface area contributed by atoms with E-state index in [4.69, 9.17) is 5.73 Å². The maximum atomic E-state index is 6.28. The molecule has 1 atom stereocenters. The predicted octanol–water partition coefficient (Wildman–Crippen LogP) is 2.75. The summed E-state index contributed by atoms with van der Waals surface area (Å²) in [5.41, 5.74) is 11.2. The number of benzene rings is 1. The molecule has 4 heteroatoms. The minimum Gasteiger partial charge on any atom is -0.327 e. The van der Waals surface area contributed by atoms with Crippen molar-refractivity contribution in [1.82, 2.24) is 9.78 Å². The van der Waals surface area contributed by atoms with Gasteiger partial charge < -0.3 is 5.73 Å². The highest BCUT2D eigenvalue weighted by molar-refractivity contribution is 14.1. The van der Waals surface area contributed by atoms with Crippen molar-refractivity contribution in [2.75, 3.05) is 0 Å². The smallest absolute Gasteiger partial charge is 0.0628 e. The highest BCUT2D eigenvalue weighted by Gasteiger charge is 2.13. The zero-order chi connectivity index (χ0) is 14.0. The molecule has 3 nitrogen and oxygen atoms in total. The van der Waals surface area contributed by atoms with Gasteiger partial charge in [-0.2, -0.15) is 5.10 Å². The Balaban J connectivity index is 2.05. The van der Waals surface area contributed by atoms with E-state index in [-0.39, 0.29) is 6.04 Å². The normalized spacial score (nSPS) is 12.7. The largest absolute Gasteiger partial charge is 0.327 e. The average Bonchev–Trinajstić information content (AvgIpc) is 2.59. The summed E-state index contributed by atoms with van der Waals surface area (Å²) in [5.74, 6) is 0. The average molecular weight is 369 g/mol. The van der Waals surface area contributed by atoms with Crippen molar-refractivity contribution in [3.05, 3.63) is 50.4 Å². The number of nitrogens with zero attached hydrogens (tertiary/aromatic N) is 2. The number of aryl methyl sites for hydroxylation is 2. The quantitative estimate of drug-likeness (QED) is 0.843. The fraction of sp³-hybridized carbons (Fsp3) is 0.400. The molecule has 0 radical (unpaired) electrons. The molecule has 19 heavy (non-hydrogen) atoms. The summed E-state index contributed by atoms with van der Waals surface area (Å²) in [6, 6.07) is 8.71. The van der Waals surface area contributed by atoms with Gasteiger partial charge in [0.25, 0.3) is 0 Å². The fourth-order valence-electron chi connectivity index (χ4n) is 2.37. The van der Waals surface area contributed by atoms with E-state index in [1.54, 1.807) is 0 Å². The van der Waals surface area contributed by atoms with Gasteiger partial charge in [0.2, 0.25) is 0 Å². The third kappa shape index (κ3) is 3.57. The van der Waals surface area contributed by atoms with Crippen molar-refractivity contribution in [3.8, 4) is 0 Å².